The summed E-state index contributed by atoms with van der Waals surface area (Å²) >= 11 is 1.65. The van der Waals surface area contributed by atoms with Gasteiger partial charge in [0.15, 0.2) is 0 Å². The summed E-state index contributed by atoms with van der Waals surface area (Å²) in [4.78, 5) is 25.7. The maximum atomic E-state index is 12.6. The summed E-state index contributed by atoms with van der Waals surface area (Å²) in [5.74, 6) is 0.874. The third-order valence-electron chi connectivity index (χ3n) is 6.08. The van der Waals surface area contributed by atoms with Crippen molar-refractivity contribution in [2.45, 2.75) is 50.2 Å². The molecule has 5 rings (SSSR count). The number of hydrogen-bond donors (Lipinski definition) is 1. The number of anilines is 1. The zero-order valence-electron chi connectivity index (χ0n) is 15.3. The first-order chi connectivity index (χ1) is 13.2. The van der Waals surface area contributed by atoms with E-state index in [1.54, 1.807) is 23.7 Å². The van der Waals surface area contributed by atoms with Crippen LogP contribution in [0.5, 0.6) is 0 Å². The molecule has 1 amide bonds. The Morgan fingerprint density at radius 1 is 1.26 bits per heavy atom. The highest BCUT2D eigenvalue weighted by atomic mass is 32.1. The number of aromatic nitrogens is 2. The zero-order valence-corrected chi connectivity index (χ0v) is 16.1. The molecule has 1 saturated carbocycles. The summed E-state index contributed by atoms with van der Waals surface area (Å²) in [6, 6.07) is 4.31. The Hall–Kier alpha value is -1.99. The van der Waals surface area contributed by atoms with Crippen LogP contribution in [0.2, 0.25) is 0 Å². The Bertz CT molecular complexity index is 826. The van der Waals surface area contributed by atoms with Crippen molar-refractivity contribution < 1.29 is 9.53 Å². The molecule has 27 heavy (non-hydrogen) atoms. The molecule has 1 aliphatic carbocycles. The van der Waals surface area contributed by atoms with Gasteiger partial charge in [0, 0.05) is 42.8 Å². The van der Waals surface area contributed by atoms with E-state index in [0.717, 1.165) is 62.6 Å². The van der Waals surface area contributed by atoms with Crippen LogP contribution in [0.25, 0.3) is 0 Å². The Balaban J connectivity index is 1.34. The van der Waals surface area contributed by atoms with Gasteiger partial charge >= 0.3 is 0 Å². The Morgan fingerprint density at radius 2 is 2.04 bits per heavy atom. The van der Waals surface area contributed by atoms with E-state index in [4.69, 9.17) is 4.74 Å². The lowest BCUT2D eigenvalue weighted by Crippen LogP contribution is -2.46. The van der Waals surface area contributed by atoms with Crippen LogP contribution >= 0.6 is 11.3 Å². The number of piperidine rings is 1. The molecular weight excluding hydrogens is 360 g/mol. The highest BCUT2D eigenvalue weighted by Gasteiger charge is 2.42. The third kappa shape index (κ3) is 3.12. The molecule has 0 radical (unpaired) electrons. The van der Waals surface area contributed by atoms with E-state index < -0.39 is 0 Å². The van der Waals surface area contributed by atoms with Gasteiger partial charge in [-0.05, 0) is 49.8 Å². The molecule has 0 unspecified atom stereocenters. The van der Waals surface area contributed by atoms with Crippen molar-refractivity contribution in [3.8, 4) is 0 Å². The first-order valence-electron chi connectivity index (χ1n) is 9.83. The summed E-state index contributed by atoms with van der Waals surface area (Å²) in [7, 11) is 0. The second kappa shape index (κ2) is 6.87. The molecule has 1 spiro atoms. The van der Waals surface area contributed by atoms with E-state index in [1.807, 2.05) is 6.07 Å². The van der Waals surface area contributed by atoms with Crippen molar-refractivity contribution in [3.05, 3.63) is 39.8 Å². The fourth-order valence-electron chi connectivity index (χ4n) is 4.27. The van der Waals surface area contributed by atoms with Crippen molar-refractivity contribution in [1.29, 1.82) is 0 Å². The number of rotatable bonds is 3. The van der Waals surface area contributed by atoms with Crippen molar-refractivity contribution in [3.63, 3.8) is 0 Å². The molecule has 0 atom stereocenters. The van der Waals surface area contributed by atoms with Gasteiger partial charge in [0.25, 0.3) is 5.91 Å². The normalized spacial score (nSPS) is 21.6. The van der Waals surface area contributed by atoms with E-state index >= 15 is 0 Å². The summed E-state index contributed by atoms with van der Waals surface area (Å²) in [5, 5.41) is 3.17. The van der Waals surface area contributed by atoms with Crippen molar-refractivity contribution in [1.82, 2.24) is 15.3 Å². The van der Waals surface area contributed by atoms with Gasteiger partial charge in [0.2, 0.25) is 5.95 Å². The SMILES string of the molecule is O=C(NC1CCC1)c1cc2c(s1)CCOC21CCN(c2ncccn2)CC1. The minimum atomic E-state index is -0.260. The molecule has 1 saturated heterocycles. The topological polar surface area (TPSA) is 67.3 Å². The molecule has 2 fully saturated rings. The number of hydrogen-bond acceptors (Lipinski definition) is 6. The lowest BCUT2D eigenvalue weighted by molar-refractivity contribution is -0.0758. The van der Waals surface area contributed by atoms with E-state index in [-0.39, 0.29) is 11.5 Å². The first-order valence-corrected chi connectivity index (χ1v) is 10.7. The van der Waals surface area contributed by atoms with Crippen molar-refractivity contribution in [2.75, 3.05) is 24.6 Å². The van der Waals surface area contributed by atoms with E-state index in [1.165, 1.54) is 16.9 Å². The fourth-order valence-corrected chi connectivity index (χ4v) is 5.41. The molecule has 2 aromatic rings. The largest absolute Gasteiger partial charge is 0.370 e. The number of amides is 1. The molecule has 7 heteroatoms. The number of fused-ring (bicyclic) bond motifs is 2. The lowest BCUT2D eigenvalue weighted by Gasteiger charge is -2.44. The maximum absolute atomic E-state index is 12.6. The van der Waals surface area contributed by atoms with Gasteiger partial charge in [-0.2, -0.15) is 0 Å². The van der Waals surface area contributed by atoms with E-state index in [0.29, 0.717) is 6.04 Å². The maximum Gasteiger partial charge on any atom is 0.261 e. The highest BCUT2D eigenvalue weighted by molar-refractivity contribution is 7.14. The average Bonchev–Trinajstić information content (AvgIpc) is 3.12. The number of carbonyl (C=O) groups is 1. The quantitative estimate of drug-likeness (QED) is 0.881. The van der Waals surface area contributed by atoms with Gasteiger partial charge in [-0.3, -0.25) is 4.79 Å². The molecule has 4 heterocycles. The Kier molecular flexibility index (Phi) is 4.36. The van der Waals surface area contributed by atoms with Gasteiger partial charge in [-0.25, -0.2) is 9.97 Å². The predicted molar refractivity (Wildman–Crippen MR) is 104 cm³/mol. The molecule has 6 nitrogen and oxygen atoms in total. The van der Waals surface area contributed by atoms with Crippen LogP contribution in [-0.2, 0) is 16.8 Å². The monoisotopic (exact) mass is 384 g/mol. The van der Waals surface area contributed by atoms with Crippen molar-refractivity contribution >= 4 is 23.2 Å². The van der Waals surface area contributed by atoms with Crippen LogP contribution in [0, 0.1) is 0 Å². The lowest BCUT2D eigenvalue weighted by atomic mass is 9.82. The minimum Gasteiger partial charge on any atom is -0.370 e. The summed E-state index contributed by atoms with van der Waals surface area (Å²) in [6.07, 6.45) is 9.73. The molecule has 0 bridgehead atoms. The standard InChI is InChI=1S/C20H24N4O2S/c25-18(23-14-3-1-4-14)17-13-15-16(27-17)5-12-26-20(15)6-10-24(11-7-20)19-21-8-2-9-22-19/h2,8-9,13-14H,1,3-7,10-12H2,(H,23,25). The van der Waals surface area contributed by atoms with Gasteiger partial charge < -0.3 is 15.0 Å². The van der Waals surface area contributed by atoms with Crippen LogP contribution in [0.3, 0.4) is 0 Å². The second-order valence-electron chi connectivity index (χ2n) is 7.68. The van der Waals surface area contributed by atoms with E-state index in [9.17, 15) is 4.79 Å². The summed E-state index contributed by atoms with van der Waals surface area (Å²) in [6.45, 7) is 2.46. The second-order valence-corrected chi connectivity index (χ2v) is 8.81. The molecular formula is C20H24N4O2S. The van der Waals surface area contributed by atoms with Crippen LogP contribution in [0.15, 0.2) is 24.5 Å². The van der Waals surface area contributed by atoms with Gasteiger partial charge in [-0.1, -0.05) is 0 Å². The molecule has 0 aromatic carbocycles. The summed E-state index contributed by atoms with van der Waals surface area (Å²) in [5.41, 5.74) is 0.982. The van der Waals surface area contributed by atoms with Crippen LogP contribution in [0.1, 0.15) is 52.2 Å². The van der Waals surface area contributed by atoms with Crippen LogP contribution in [0.4, 0.5) is 5.95 Å². The molecule has 142 valence electrons. The summed E-state index contributed by atoms with van der Waals surface area (Å²) < 4.78 is 6.33. The number of carbonyl (C=O) groups excluding carboxylic acids is 1. The van der Waals surface area contributed by atoms with Crippen molar-refractivity contribution in [2.24, 2.45) is 0 Å². The molecule has 1 N–H and O–H groups in total. The molecule has 2 aliphatic heterocycles. The number of nitrogens with one attached hydrogen (secondary N) is 1. The third-order valence-corrected chi connectivity index (χ3v) is 7.27. The molecule has 2 aromatic heterocycles. The zero-order chi connectivity index (χ0) is 18.3. The van der Waals surface area contributed by atoms with Crippen LogP contribution in [-0.4, -0.2) is 41.6 Å². The fraction of sp³-hybridized carbons (Fsp3) is 0.550. The van der Waals surface area contributed by atoms with Crippen LogP contribution < -0.4 is 10.2 Å². The highest BCUT2D eigenvalue weighted by Crippen LogP contribution is 2.45. The average molecular weight is 385 g/mol. The number of thiophene rings is 1. The first kappa shape index (κ1) is 17.1. The molecule has 3 aliphatic rings. The van der Waals surface area contributed by atoms with E-state index in [2.05, 4.69) is 26.3 Å². The Morgan fingerprint density at radius 3 is 2.74 bits per heavy atom. The van der Waals surface area contributed by atoms with Gasteiger partial charge in [-0.15, -0.1) is 11.3 Å². The predicted octanol–water partition coefficient (Wildman–Crippen LogP) is 2.89. The van der Waals surface area contributed by atoms with Gasteiger partial charge in [0.05, 0.1) is 17.1 Å². The smallest absolute Gasteiger partial charge is 0.261 e. The van der Waals surface area contributed by atoms with Gasteiger partial charge in [0.1, 0.15) is 0 Å². The minimum absolute atomic E-state index is 0.0874. The number of ether oxygens (including phenoxy) is 1. The Labute approximate surface area is 163 Å². The number of nitrogens with zero attached hydrogens (tertiary/aromatic N) is 3.